The molecule has 1 N–H and O–H groups in total. The molecule has 0 saturated heterocycles. The van der Waals surface area contributed by atoms with Gasteiger partial charge in [0.1, 0.15) is 0 Å². The first-order chi connectivity index (χ1) is 14.7. The normalized spacial score (nSPS) is 10.8. The Balaban J connectivity index is 1.23. The monoisotopic (exact) mass is 401 g/mol. The number of nitrogens with one attached hydrogen (secondary N) is 1. The highest BCUT2D eigenvalue weighted by Crippen LogP contribution is 2.18. The van der Waals surface area contributed by atoms with Gasteiger partial charge in [0.15, 0.2) is 0 Å². The Morgan fingerprint density at radius 3 is 2.53 bits per heavy atom. The van der Waals surface area contributed by atoms with Gasteiger partial charge in [-0.3, -0.25) is 9.48 Å². The van der Waals surface area contributed by atoms with Gasteiger partial charge in [0.25, 0.3) is 0 Å². The van der Waals surface area contributed by atoms with Crippen molar-refractivity contribution in [3.8, 4) is 11.5 Å². The molecule has 152 valence electrons. The van der Waals surface area contributed by atoms with E-state index >= 15 is 0 Å². The Kier molecular flexibility index (Phi) is 5.98. The van der Waals surface area contributed by atoms with Gasteiger partial charge in [0, 0.05) is 37.3 Å². The number of carbonyl (C=O) groups excluding carboxylic acids is 1. The fraction of sp³-hybridized carbons (Fsp3) is 0.217. The molecule has 30 heavy (non-hydrogen) atoms. The Labute approximate surface area is 174 Å². The molecule has 0 bridgehead atoms. The Morgan fingerprint density at radius 2 is 1.80 bits per heavy atom. The maximum Gasteiger partial charge on any atom is 0.247 e. The summed E-state index contributed by atoms with van der Waals surface area (Å²) in [7, 11) is 0. The predicted molar refractivity (Wildman–Crippen MR) is 112 cm³/mol. The summed E-state index contributed by atoms with van der Waals surface area (Å²) in [5.74, 6) is 0.884. The molecular weight excluding hydrogens is 378 g/mol. The van der Waals surface area contributed by atoms with E-state index in [1.807, 2.05) is 72.4 Å². The topological polar surface area (TPSA) is 85.8 Å². The lowest BCUT2D eigenvalue weighted by Crippen LogP contribution is -2.23. The lowest BCUT2D eigenvalue weighted by molar-refractivity contribution is -0.121. The Bertz CT molecular complexity index is 1080. The van der Waals surface area contributed by atoms with Crippen LogP contribution in [0.15, 0.2) is 71.4 Å². The van der Waals surface area contributed by atoms with Crippen LogP contribution >= 0.6 is 0 Å². The summed E-state index contributed by atoms with van der Waals surface area (Å²) in [5.41, 5.74) is 4.25. The average Bonchev–Trinajstić information content (AvgIpc) is 3.44. The molecule has 2 aromatic heterocycles. The van der Waals surface area contributed by atoms with Crippen molar-refractivity contribution in [3.05, 3.63) is 89.6 Å². The lowest BCUT2D eigenvalue weighted by Gasteiger charge is -2.06. The summed E-state index contributed by atoms with van der Waals surface area (Å²) >= 11 is 0. The van der Waals surface area contributed by atoms with Gasteiger partial charge >= 0.3 is 0 Å². The van der Waals surface area contributed by atoms with E-state index < -0.39 is 0 Å². The number of benzene rings is 2. The van der Waals surface area contributed by atoms with E-state index in [0.29, 0.717) is 31.2 Å². The molecule has 0 fully saturated rings. The minimum absolute atomic E-state index is 0.0503. The van der Waals surface area contributed by atoms with Crippen molar-refractivity contribution in [1.82, 2.24) is 25.3 Å². The van der Waals surface area contributed by atoms with Gasteiger partial charge in [0.2, 0.25) is 17.7 Å². The first kappa shape index (κ1) is 19.6. The van der Waals surface area contributed by atoms with Crippen LogP contribution in [0.4, 0.5) is 0 Å². The molecule has 4 aromatic rings. The smallest absolute Gasteiger partial charge is 0.247 e. The Morgan fingerprint density at radius 1 is 1.03 bits per heavy atom. The molecule has 0 aliphatic carbocycles. The summed E-state index contributed by atoms with van der Waals surface area (Å²) in [5, 5.41) is 15.2. The third-order valence-corrected chi connectivity index (χ3v) is 4.75. The standard InChI is InChI=1S/C23H23N5O2/c1-17-3-9-20(10-4-17)23-27-26-22(30-23)12-11-21(29)24-15-18-5-7-19(8-6-18)16-28-14-2-13-25-28/h2-10,13-14H,11-12,15-16H2,1H3,(H,24,29). The molecule has 7 heteroatoms. The van der Waals surface area contributed by atoms with E-state index in [1.165, 1.54) is 5.56 Å². The second-order valence-corrected chi connectivity index (χ2v) is 7.16. The molecular formula is C23H23N5O2. The Hall–Kier alpha value is -3.74. The molecule has 4 rings (SSSR count). The number of hydrogen-bond acceptors (Lipinski definition) is 5. The molecule has 0 spiro atoms. The van der Waals surface area contributed by atoms with Crippen LogP contribution in [0.3, 0.4) is 0 Å². The van der Waals surface area contributed by atoms with Gasteiger partial charge in [-0.1, -0.05) is 42.0 Å². The average molecular weight is 401 g/mol. The van der Waals surface area contributed by atoms with E-state index in [9.17, 15) is 4.79 Å². The molecule has 1 amide bonds. The zero-order valence-corrected chi connectivity index (χ0v) is 16.8. The number of aromatic nitrogens is 4. The van der Waals surface area contributed by atoms with Crippen LogP contribution in [0.1, 0.15) is 29.0 Å². The minimum Gasteiger partial charge on any atom is -0.421 e. The number of amides is 1. The van der Waals surface area contributed by atoms with Crippen LogP contribution in [0, 0.1) is 6.92 Å². The van der Waals surface area contributed by atoms with Gasteiger partial charge in [-0.15, -0.1) is 10.2 Å². The van der Waals surface area contributed by atoms with Gasteiger partial charge in [-0.2, -0.15) is 5.10 Å². The molecule has 0 radical (unpaired) electrons. The fourth-order valence-corrected chi connectivity index (χ4v) is 3.02. The molecule has 0 aliphatic heterocycles. The molecule has 0 atom stereocenters. The zero-order valence-electron chi connectivity index (χ0n) is 16.8. The van der Waals surface area contributed by atoms with E-state index in [4.69, 9.17) is 4.42 Å². The van der Waals surface area contributed by atoms with Crippen molar-refractivity contribution in [3.63, 3.8) is 0 Å². The predicted octanol–water partition coefficient (Wildman–Crippen LogP) is 3.54. The van der Waals surface area contributed by atoms with Crippen LogP contribution in [0.2, 0.25) is 0 Å². The van der Waals surface area contributed by atoms with Crippen molar-refractivity contribution in [2.45, 2.75) is 32.9 Å². The second kappa shape index (κ2) is 9.17. The maximum atomic E-state index is 12.2. The largest absolute Gasteiger partial charge is 0.421 e. The third kappa shape index (κ3) is 5.20. The van der Waals surface area contributed by atoms with Gasteiger partial charge in [0.05, 0.1) is 6.54 Å². The quantitative estimate of drug-likeness (QED) is 0.488. The van der Waals surface area contributed by atoms with E-state index in [1.54, 1.807) is 6.20 Å². The van der Waals surface area contributed by atoms with E-state index in [0.717, 1.165) is 23.2 Å². The SMILES string of the molecule is Cc1ccc(-c2nnc(CCC(=O)NCc3ccc(Cn4cccn4)cc3)o2)cc1. The molecule has 0 aliphatic rings. The van der Waals surface area contributed by atoms with Crippen molar-refractivity contribution in [2.75, 3.05) is 0 Å². The lowest BCUT2D eigenvalue weighted by atomic mass is 10.1. The van der Waals surface area contributed by atoms with E-state index in [2.05, 4.69) is 20.6 Å². The maximum absolute atomic E-state index is 12.2. The van der Waals surface area contributed by atoms with Crippen LogP contribution < -0.4 is 5.32 Å². The number of carbonyl (C=O) groups is 1. The van der Waals surface area contributed by atoms with Crippen molar-refractivity contribution in [2.24, 2.45) is 0 Å². The molecule has 2 heterocycles. The summed E-state index contributed by atoms with van der Waals surface area (Å²) in [4.78, 5) is 12.2. The summed E-state index contributed by atoms with van der Waals surface area (Å²) in [6.45, 7) is 3.24. The number of aryl methyl sites for hydroxylation is 2. The fourth-order valence-electron chi connectivity index (χ4n) is 3.02. The molecule has 7 nitrogen and oxygen atoms in total. The number of hydrogen-bond donors (Lipinski definition) is 1. The highest BCUT2D eigenvalue weighted by Gasteiger charge is 2.10. The molecule has 2 aromatic carbocycles. The van der Waals surface area contributed by atoms with Crippen LogP contribution in [0.5, 0.6) is 0 Å². The summed E-state index contributed by atoms with van der Waals surface area (Å²) < 4.78 is 7.54. The number of rotatable bonds is 8. The number of nitrogens with zero attached hydrogens (tertiary/aromatic N) is 4. The zero-order chi connectivity index (χ0) is 20.8. The van der Waals surface area contributed by atoms with E-state index in [-0.39, 0.29) is 5.91 Å². The molecule has 0 unspecified atom stereocenters. The van der Waals surface area contributed by atoms with Crippen LogP contribution in [0.25, 0.3) is 11.5 Å². The first-order valence-corrected chi connectivity index (χ1v) is 9.87. The third-order valence-electron chi connectivity index (χ3n) is 4.75. The van der Waals surface area contributed by atoms with Crippen LogP contribution in [-0.4, -0.2) is 25.9 Å². The minimum atomic E-state index is -0.0503. The van der Waals surface area contributed by atoms with Crippen molar-refractivity contribution < 1.29 is 9.21 Å². The summed E-state index contributed by atoms with van der Waals surface area (Å²) in [6, 6.07) is 17.9. The van der Waals surface area contributed by atoms with Gasteiger partial charge in [-0.05, 0) is 36.2 Å². The second-order valence-electron chi connectivity index (χ2n) is 7.16. The molecule has 0 saturated carbocycles. The van der Waals surface area contributed by atoms with Gasteiger partial charge < -0.3 is 9.73 Å². The van der Waals surface area contributed by atoms with Crippen LogP contribution in [-0.2, 0) is 24.3 Å². The first-order valence-electron chi connectivity index (χ1n) is 9.87. The van der Waals surface area contributed by atoms with Crippen molar-refractivity contribution >= 4 is 5.91 Å². The summed E-state index contributed by atoms with van der Waals surface area (Å²) in [6.07, 6.45) is 4.41. The van der Waals surface area contributed by atoms with Gasteiger partial charge in [-0.25, -0.2) is 0 Å². The highest BCUT2D eigenvalue weighted by atomic mass is 16.4. The van der Waals surface area contributed by atoms with Crippen molar-refractivity contribution in [1.29, 1.82) is 0 Å². The highest BCUT2D eigenvalue weighted by molar-refractivity contribution is 5.76.